The summed E-state index contributed by atoms with van der Waals surface area (Å²) in [5.41, 5.74) is 4.52. The van der Waals surface area contributed by atoms with E-state index in [1.165, 1.54) is 5.56 Å². The predicted molar refractivity (Wildman–Crippen MR) is 101 cm³/mol. The normalized spacial score (nSPS) is 10.5. The molecule has 1 amide bonds. The van der Waals surface area contributed by atoms with Gasteiger partial charge in [0.15, 0.2) is 5.76 Å². The summed E-state index contributed by atoms with van der Waals surface area (Å²) in [7, 11) is 0. The van der Waals surface area contributed by atoms with Crippen LogP contribution in [-0.2, 0) is 18.1 Å². The molecule has 0 aliphatic carbocycles. The summed E-state index contributed by atoms with van der Waals surface area (Å²) < 4.78 is 12.0. The average Bonchev–Trinajstić information content (AvgIpc) is 3.12. The fourth-order valence-electron chi connectivity index (χ4n) is 2.21. The van der Waals surface area contributed by atoms with Crippen LogP contribution in [0.2, 0.25) is 0 Å². The van der Waals surface area contributed by atoms with Gasteiger partial charge in [0.2, 0.25) is 0 Å². The Morgan fingerprint density at radius 1 is 1.04 bits per heavy atom. The third-order valence-corrected chi connectivity index (χ3v) is 4.27. The van der Waals surface area contributed by atoms with Crippen LogP contribution in [0.5, 0.6) is 5.75 Å². The van der Waals surface area contributed by atoms with E-state index in [0.29, 0.717) is 11.5 Å². The van der Waals surface area contributed by atoms with Gasteiger partial charge in [-0.15, -0.1) is 0 Å². The fourth-order valence-corrected chi connectivity index (χ4v) is 2.61. The first kappa shape index (κ1) is 18.2. The molecule has 5 nitrogen and oxygen atoms in total. The van der Waals surface area contributed by atoms with Crippen molar-refractivity contribution in [3.05, 3.63) is 87.8 Å². The van der Waals surface area contributed by atoms with Gasteiger partial charge in [-0.3, -0.25) is 9.63 Å². The number of rotatable bonds is 7. The molecule has 6 heteroatoms. The number of hydroxylamine groups is 1. The highest BCUT2D eigenvalue weighted by Crippen LogP contribution is 2.25. The molecular weight excluding hydrogens is 398 g/mol. The van der Waals surface area contributed by atoms with Crippen molar-refractivity contribution >= 4 is 21.8 Å². The number of hydrogen-bond donors (Lipinski definition) is 1. The van der Waals surface area contributed by atoms with Crippen LogP contribution < -0.4 is 10.2 Å². The molecule has 0 aliphatic heterocycles. The predicted octanol–water partition coefficient (Wildman–Crippen LogP) is 4.79. The van der Waals surface area contributed by atoms with Gasteiger partial charge in [-0.05, 0) is 52.7 Å². The number of para-hydroxylation sites is 1. The maximum Gasteiger partial charge on any atom is 0.310 e. The zero-order valence-electron chi connectivity index (χ0n) is 14.2. The molecule has 3 aromatic rings. The maximum absolute atomic E-state index is 12.1. The number of halogens is 1. The minimum atomic E-state index is -0.441. The van der Waals surface area contributed by atoms with E-state index in [2.05, 4.69) is 21.4 Å². The first-order chi connectivity index (χ1) is 12.6. The lowest BCUT2D eigenvalue weighted by Crippen LogP contribution is -2.23. The number of hydrogen-bond acceptors (Lipinski definition) is 4. The van der Waals surface area contributed by atoms with Crippen molar-refractivity contribution in [1.29, 1.82) is 0 Å². The topological polar surface area (TPSA) is 60.7 Å². The number of amides is 1. The van der Waals surface area contributed by atoms with Gasteiger partial charge in [-0.25, -0.2) is 5.48 Å². The van der Waals surface area contributed by atoms with E-state index in [9.17, 15) is 4.79 Å². The second-order valence-electron chi connectivity index (χ2n) is 5.69. The Morgan fingerprint density at radius 2 is 1.81 bits per heavy atom. The summed E-state index contributed by atoms with van der Waals surface area (Å²) >= 11 is 3.41. The van der Waals surface area contributed by atoms with Gasteiger partial charge in [-0.1, -0.05) is 42.0 Å². The largest absolute Gasteiger partial charge is 0.484 e. The van der Waals surface area contributed by atoms with Crippen LogP contribution in [0.1, 0.15) is 27.4 Å². The fraction of sp³-hybridized carbons (Fsp3) is 0.150. The standard InChI is InChI=1S/C20H18BrNO4/c1-14-6-8-15(9-7-14)12-25-22-20(23)19-11-10-16(26-19)13-24-18-5-3-2-4-17(18)21/h2-11H,12-13H2,1H3,(H,22,23). The molecule has 1 N–H and O–H groups in total. The van der Waals surface area contributed by atoms with Crippen LogP contribution in [-0.4, -0.2) is 5.91 Å². The summed E-state index contributed by atoms with van der Waals surface area (Å²) in [5.74, 6) is 0.977. The number of benzene rings is 2. The van der Waals surface area contributed by atoms with Gasteiger partial charge >= 0.3 is 5.91 Å². The van der Waals surface area contributed by atoms with Crippen molar-refractivity contribution in [2.24, 2.45) is 0 Å². The molecule has 0 unspecified atom stereocenters. The number of carbonyl (C=O) groups excluding carboxylic acids is 1. The summed E-state index contributed by atoms with van der Waals surface area (Å²) in [4.78, 5) is 17.3. The minimum absolute atomic E-state index is 0.166. The lowest BCUT2D eigenvalue weighted by atomic mass is 10.2. The van der Waals surface area contributed by atoms with Gasteiger partial charge in [0.1, 0.15) is 18.1 Å². The minimum Gasteiger partial charge on any atom is -0.484 e. The lowest BCUT2D eigenvalue weighted by molar-refractivity contribution is 0.0210. The molecule has 0 fully saturated rings. The summed E-state index contributed by atoms with van der Waals surface area (Å²) in [6.07, 6.45) is 0. The van der Waals surface area contributed by atoms with Gasteiger partial charge in [-0.2, -0.15) is 0 Å². The summed E-state index contributed by atoms with van der Waals surface area (Å²) in [6, 6.07) is 18.7. The van der Waals surface area contributed by atoms with Gasteiger partial charge in [0.25, 0.3) is 0 Å². The van der Waals surface area contributed by atoms with Gasteiger partial charge in [0, 0.05) is 0 Å². The summed E-state index contributed by atoms with van der Waals surface area (Å²) in [6.45, 7) is 2.52. The van der Waals surface area contributed by atoms with Crippen LogP contribution in [0.25, 0.3) is 0 Å². The Balaban J connectivity index is 1.48. The number of aryl methyl sites for hydroxylation is 1. The smallest absolute Gasteiger partial charge is 0.310 e. The molecule has 0 aliphatic rings. The third-order valence-electron chi connectivity index (χ3n) is 3.62. The Kier molecular flexibility index (Phi) is 6.09. The Morgan fingerprint density at radius 3 is 2.58 bits per heavy atom. The molecule has 0 saturated carbocycles. The molecule has 0 saturated heterocycles. The zero-order valence-corrected chi connectivity index (χ0v) is 15.8. The first-order valence-corrected chi connectivity index (χ1v) is 8.85. The first-order valence-electron chi connectivity index (χ1n) is 8.05. The SMILES string of the molecule is Cc1ccc(CONC(=O)c2ccc(COc3ccccc3Br)o2)cc1. The van der Waals surface area contributed by atoms with Crippen molar-refractivity contribution in [3.63, 3.8) is 0 Å². The Labute approximate surface area is 160 Å². The molecule has 0 spiro atoms. The van der Waals surface area contributed by atoms with E-state index in [4.69, 9.17) is 14.0 Å². The monoisotopic (exact) mass is 415 g/mol. The number of carbonyl (C=O) groups is 1. The van der Waals surface area contributed by atoms with E-state index in [-0.39, 0.29) is 19.0 Å². The highest BCUT2D eigenvalue weighted by Gasteiger charge is 2.12. The van der Waals surface area contributed by atoms with E-state index in [1.807, 2.05) is 55.5 Å². The third kappa shape index (κ3) is 4.97. The van der Waals surface area contributed by atoms with E-state index in [0.717, 1.165) is 10.0 Å². The molecule has 26 heavy (non-hydrogen) atoms. The van der Waals surface area contributed by atoms with Crippen LogP contribution in [0.3, 0.4) is 0 Å². The van der Waals surface area contributed by atoms with Crippen LogP contribution in [0.4, 0.5) is 0 Å². The number of ether oxygens (including phenoxy) is 1. The van der Waals surface area contributed by atoms with Crippen molar-refractivity contribution in [1.82, 2.24) is 5.48 Å². The second-order valence-corrected chi connectivity index (χ2v) is 6.54. The van der Waals surface area contributed by atoms with E-state index < -0.39 is 5.91 Å². The lowest BCUT2D eigenvalue weighted by Gasteiger charge is -2.06. The quantitative estimate of drug-likeness (QED) is 0.563. The molecule has 3 rings (SSSR count). The molecule has 0 bridgehead atoms. The number of furan rings is 1. The molecule has 0 radical (unpaired) electrons. The highest BCUT2D eigenvalue weighted by molar-refractivity contribution is 9.10. The van der Waals surface area contributed by atoms with Crippen molar-refractivity contribution in [2.45, 2.75) is 20.1 Å². The molecule has 1 heterocycles. The van der Waals surface area contributed by atoms with Gasteiger partial charge < -0.3 is 9.15 Å². The molecule has 1 aromatic heterocycles. The molecule has 0 atom stereocenters. The average molecular weight is 416 g/mol. The Bertz CT molecular complexity index is 874. The van der Waals surface area contributed by atoms with Crippen molar-refractivity contribution in [2.75, 3.05) is 0 Å². The van der Waals surface area contributed by atoms with Gasteiger partial charge in [0.05, 0.1) is 11.1 Å². The highest BCUT2D eigenvalue weighted by atomic mass is 79.9. The molecular formula is C20H18BrNO4. The van der Waals surface area contributed by atoms with E-state index >= 15 is 0 Å². The van der Waals surface area contributed by atoms with Crippen molar-refractivity contribution in [3.8, 4) is 5.75 Å². The van der Waals surface area contributed by atoms with Crippen LogP contribution >= 0.6 is 15.9 Å². The maximum atomic E-state index is 12.1. The van der Waals surface area contributed by atoms with Crippen molar-refractivity contribution < 1.29 is 18.8 Å². The van der Waals surface area contributed by atoms with E-state index in [1.54, 1.807) is 12.1 Å². The second kappa shape index (κ2) is 8.69. The Hall–Kier alpha value is -2.57. The molecule has 134 valence electrons. The molecule has 2 aromatic carbocycles. The van der Waals surface area contributed by atoms with Crippen LogP contribution in [0.15, 0.2) is 69.6 Å². The number of nitrogens with one attached hydrogen (secondary N) is 1. The zero-order chi connectivity index (χ0) is 18.4. The van der Waals surface area contributed by atoms with Crippen LogP contribution in [0, 0.1) is 6.92 Å². The summed E-state index contributed by atoms with van der Waals surface area (Å²) in [5, 5.41) is 0.